The van der Waals surface area contributed by atoms with Crippen molar-refractivity contribution in [1.82, 2.24) is 0 Å². The van der Waals surface area contributed by atoms with Crippen LogP contribution < -0.4 is 0 Å². The van der Waals surface area contributed by atoms with Gasteiger partial charge < -0.3 is 4.74 Å². The van der Waals surface area contributed by atoms with E-state index in [4.69, 9.17) is 0 Å². The molecule has 5 heteroatoms. The molecule has 1 rings (SSSR count). The Kier molecular flexibility index (Phi) is 1.67. The zero-order valence-corrected chi connectivity index (χ0v) is 6.49. The standard InChI is InChI=1S/C4H4F3IO/c5-4(6,7)3(8)1-9-2-3/h1-2H2. The Labute approximate surface area is 63.7 Å². The average molecular weight is 252 g/mol. The number of alkyl halides is 4. The van der Waals surface area contributed by atoms with E-state index >= 15 is 0 Å². The minimum absolute atomic E-state index is 0.197. The maximum absolute atomic E-state index is 11.8. The second-order valence-corrected chi connectivity index (χ2v) is 4.02. The van der Waals surface area contributed by atoms with Crippen LogP contribution in [0, 0.1) is 0 Å². The predicted molar refractivity (Wildman–Crippen MR) is 33.6 cm³/mol. The molecule has 0 radical (unpaired) electrons. The molecule has 1 saturated heterocycles. The van der Waals surface area contributed by atoms with Gasteiger partial charge in [-0.3, -0.25) is 0 Å². The number of hydrogen-bond donors (Lipinski definition) is 0. The first-order valence-electron chi connectivity index (χ1n) is 2.29. The molecule has 0 spiro atoms. The lowest BCUT2D eigenvalue weighted by atomic mass is 10.1. The third-order valence-corrected chi connectivity index (χ3v) is 2.40. The quantitative estimate of drug-likeness (QED) is 0.471. The maximum Gasteiger partial charge on any atom is 0.407 e. The van der Waals surface area contributed by atoms with Crippen molar-refractivity contribution in [2.45, 2.75) is 9.60 Å². The van der Waals surface area contributed by atoms with E-state index in [0.717, 1.165) is 0 Å². The Morgan fingerprint density at radius 1 is 1.33 bits per heavy atom. The zero-order valence-electron chi connectivity index (χ0n) is 4.33. The first kappa shape index (κ1) is 7.59. The monoisotopic (exact) mass is 252 g/mol. The topological polar surface area (TPSA) is 9.23 Å². The average Bonchev–Trinajstić information content (AvgIpc) is 1.57. The molecule has 0 amide bonds. The lowest BCUT2D eigenvalue weighted by Crippen LogP contribution is -2.55. The summed E-state index contributed by atoms with van der Waals surface area (Å²) in [7, 11) is 0. The summed E-state index contributed by atoms with van der Waals surface area (Å²) in [5, 5.41) is 0. The van der Waals surface area contributed by atoms with Crippen LogP contribution in [0.3, 0.4) is 0 Å². The molecule has 0 aromatic rings. The lowest BCUT2D eigenvalue weighted by Gasteiger charge is -2.37. The van der Waals surface area contributed by atoms with E-state index in [2.05, 4.69) is 4.74 Å². The SMILES string of the molecule is FC(F)(F)C1(I)COC1. The predicted octanol–water partition coefficient (Wildman–Crippen LogP) is 1.75. The van der Waals surface area contributed by atoms with E-state index in [1.165, 1.54) is 22.6 Å². The Bertz CT molecular complexity index is 117. The molecule has 0 aromatic heterocycles. The van der Waals surface area contributed by atoms with Gasteiger partial charge in [0.05, 0.1) is 13.2 Å². The van der Waals surface area contributed by atoms with Gasteiger partial charge in [0.1, 0.15) is 0 Å². The summed E-state index contributed by atoms with van der Waals surface area (Å²) in [5.41, 5.74) is 0. The summed E-state index contributed by atoms with van der Waals surface area (Å²) in [6.07, 6.45) is -4.11. The van der Waals surface area contributed by atoms with Gasteiger partial charge in [-0.1, -0.05) is 22.6 Å². The molecule has 0 saturated carbocycles. The fourth-order valence-corrected chi connectivity index (χ4v) is 0.885. The second-order valence-electron chi connectivity index (χ2n) is 1.96. The van der Waals surface area contributed by atoms with E-state index in [1.54, 1.807) is 0 Å². The van der Waals surface area contributed by atoms with Gasteiger partial charge in [0.15, 0.2) is 3.42 Å². The van der Waals surface area contributed by atoms with Crippen molar-refractivity contribution in [3.63, 3.8) is 0 Å². The molecule has 1 aliphatic heterocycles. The van der Waals surface area contributed by atoms with E-state index in [0.29, 0.717) is 0 Å². The van der Waals surface area contributed by atoms with E-state index < -0.39 is 9.60 Å². The first-order valence-corrected chi connectivity index (χ1v) is 3.37. The second kappa shape index (κ2) is 1.98. The molecule has 1 aliphatic rings. The molecule has 9 heavy (non-hydrogen) atoms. The Balaban J connectivity index is 2.59. The number of hydrogen-bond acceptors (Lipinski definition) is 1. The number of halogens is 4. The fraction of sp³-hybridized carbons (Fsp3) is 1.00. The van der Waals surface area contributed by atoms with Gasteiger partial charge in [0, 0.05) is 0 Å². The Morgan fingerprint density at radius 2 is 1.78 bits per heavy atom. The van der Waals surface area contributed by atoms with Crippen LogP contribution in [-0.2, 0) is 4.74 Å². The summed E-state index contributed by atoms with van der Waals surface area (Å²) in [5.74, 6) is 0. The molecule has 0 atom stereocenters. The molecule has 0 bridgehead atoms. The highest BCUT2D eigenvalue weighted by Gasteiger charge is 2.58. The minimum atomic E-state index is -4.11. The summed E-state index contributed by atoms with van der Waals surface area (Å²) in [6.45, 7) is -0.395. The maximum atomic E-state index is 11.8. The van der Waals surface area contributed by atoms with Crippen LogP contribution in [0.5, 0.6) is 0 Å². The minimum Gasteiger partial charge on any atom is -0.378 e. The highest BCUT2D eigenvalue weighted by molar-refractivity contribution is 14.1. The van der Waals surface area contributed by atoms with Crippen LogP contribution in [0.2, 0.25) is 0 Å². The van der Waals surface area contributed by atoms with Crippen LogP contribution in [0.4, 0.5) is 13.2 Å². The Hall–Kier alpha value is 0.480. The molecular weight excluding hydrogens is 248 g/mol. The fourth-order valence-electron chi connectivity index (χ4n) is 0.445. The van der Waals surface area contributed by atoms with Gasteiger partial charge in [-0.15, -0.1) is 0 Å². The highest BCUT2D eigenvalue weighted by atomic mass is 127. The van der Waals surface area contributed by atoms with Crippen molar-refractivity contribution < 1.29 is 17.9 Å². The van der Waals surface area contributed by atoms with Crippen molar-refractivity contribution in [3.05, 3.63) is 0 Å². The van der Waals surface area contributed by atoms with Gasteiger partial charge in [0.25, 0.3) is 0 Å². The lowest BCUT2D eigenvalue weighted by molar-refractivity contribution is -0.213. The molecule has 1 heterocycles. The molecule has 0 unspecified atom stereocenters. The van der Waals surface area contributed by atoms with Crippen LogP contribution in [0.15, 0.2) is 0 Å². The normalized spacial score (nSPS) is 25.3. The summed E-state index contributed by atoms with van der Waals surface area (Å²) < 4.78 is 38.2. The Morgan fingerprint density at radius 3 is 1.78 bits per heavy atom. The molecule has 0 N–H and O–H groups in total. The number of rotatable bonds is 0. The van der Waals surface area contributed by atoms with Gasteiger partial charge in [0.2, 0.25) is 0 Å². The van der Waals surface area contributed by atoms with Gasteiger partial charge in [-0.25, -0.2) is 0 Å². The largest absolute Gasteiger partial charge is 0.407 e. The van der Waals surface area contributed by atoms with Crippen molar-refractivity contribution in [3.8, 4) is 0 Å². The van der Waals surface area contributed by atoms with Crippen LogP contribution in [-0.4, -0.2) is 22.8 Å². The van der Waals surface area contributed by atoms with Crippen LogP contribution >= 0.6 is 22.6 Å². The van der Waals surface area contributed by atoms with Gasteiger partial charge >= 0.3 is 6.18 Å². The molecule has 54 valence electrons. The summed E-state index contributed by atoms with van der Waals surface area (Å²) in [6, 6.07) is 0. The van der Waals surface area contributed by atoms with Gasteiger partial charge in [-0.2, -0.15) is 13.2 Å². The number of ether oxygens (including phenoxy) is 1. The molecule has 1 nitrogen and oxygen atoms in total. The molecule has 1 fully saturated rings. The molecule has 0 aromatic carbocycles. The van der Waals surface area contributed by atoms with E-state index in [1.807, 2.05) is 0 Å². The van der Waals surface area contributed by atoms with Crippen molar-refractivity contribution in [2.24, 2.45) is 0 Å². The third-order valence-electron chi connectivity index (χ3n) is 1.17. The smallest absolute Gasteiger partial charge is 0.378 e. The van der Waals surface area contributed by atoms with E-state index in [9.17, 15) is 13.2 Å². The van der Waals surface area contributed by atoms with Crippen molar-refractivity contribution >= 4 is 22.6 Å². The third kappa shape index (κ3) is 1.17. The van der Waals surface area contributed by atoms with Crippen molar-refractivity contribution in [1.29, 1.82) is 0 Å². The summed E-state index contributed by atoms with van der Waals surface area (Å²) in [4.78, 5) is 0. The van der Waals surface area contributed by atoms with Crippen LogP contribution in [0.1, 0.15) is 0 Å². The first-order chi connectivity index (χ1) is 3.96. The molecular formula is C4H4F3IO. The highest BCUT2D eigenvalue weighted by Crippen LogP contribution is 2.43. The summed E-state index contributed by atoms with van der Waals surface area (Å²) >= 11 is 1.38. The zero-order chi connectivity index (χ0) is 7.12. The van der Waals surface area contributed by atoms with E-state index in [-0.39, 0.29) is 13.2 Å². The molecule has 0 aliphatic carbocycles. The van der Waals surface area contributed by atoms with Gasteiger partial charge in [-0.05, 0) is 0 Å². The van der Waals surface area contributed by atoms with Crippen molar-refractivity contribution in [2.75, 3.05) is 13.2 Å². The van der Waals surface area contributed by atoms with Crippen LogP contribution in [0.25, 0.3) is 0 Å².